The van der Waals surface area contributed by atoms with E-state index < -0.39 is 5.97 Å². The van der Waals surface area contributed by atoms with Crippen molar-refractivity contribution in [1.29, 1.82) is 0 Å². The SMILES string of the molecule is CCc1nn(-c2ccccc2C)c(Nc2ccc(OC)cc2C(=O)O)c1-c1nc(C)cs1. The number of anilines is 2. The third-order valence-electron chi connectivity index (χ3n) is 5.18. The summed E-state index contributed by atoms with van der Waals surface area (Å²) < 4.78 is 7.06. The highest BCUT2D eigenvalue weighted by molar-refractivity contribution is 7.13. The van der Waals surface area contributed by atoms with Crippen LogP contribution in [-0.2, 0) is 6.42 Å². The third kappa shape index (κ3) is 3.97. The van der Waals surface area contributed by atoms with Crippen LogP contribution in [0.3, 0.4) is 0 Å². The molecule has 0 aliphatic heterocycles. The van der Waals surface area contributed by atoms with Crippen LogP contribution < -0.4 is 10.1 Å². The molecule has 0 radical (unpaired) electrons. The van der Waals surface area contributed by atoms with Crippen LogP contribution in [0, 0.1) is 13.8 Å². The average Bonchev–Trinajstić information content (AvgIpc) is 3.37. The molecule has 4 rings (SSSR count). The molecule has 0 spiro atoms. The molecule has 2 aromatic carbocycles. The largest absolute Gasteiger partial charge is 0.497 e. The van der Waals surface area contributed by atoms with Gasteiger partial charge in [-0.1, -0.05) is 25.1 Å². The van der Waals surface area contributed by atoms with Gasteiger partial charge in [0.25, 0.3) is 0 Å². The van der Waals surface area contributed by atoms with E-state index in [1.165, 1.54) is 13.2 Å². The second-order valence-corrected chi connectivity index (χ2v) is 8.22. The first-order valence-electron chi connectivity index (χ1n) is 10.2. The molecule has 2 heterocycles. The second kappa shape index (κ2) is 8.84. The number of carboxylic acid groups (broad SMARTS) is 1. The Hall–Kier alpha value is -3.65. The van der Waals surface area contributed by atoms with Gasteiger partial charge in [-0.15, -0.1) is 11.3 Å². The molecule has 0 saturated carbocycles. The number of thiazole rings is 1. The van der Waals surface area contributed by atoms with E-state index in [0.29, 0.717) is 23.7 Å². The molecule has 8 heteroatoms. The van der Waals surface area contributed by atoms with Gasteiger partial charge >= 0.3 is 5.97 Å². The molecule has 0 amide bonds. The van der Waals surface area contributed by atoms with E-state index in [1.807, 2.05) is 55.1 Å². The first-order chi connectivity index (χ1) is 15.4. The first-order valence-corrected chi connectivity index (χ1v) is 11.1. The lowest BCUT2D eigenvalue weighted by Crippen LogP contribution is -2.08. The number of hydrogen-bond acceptors (Lipinski definition) is 6. The Morgan fingerprint density at radius 1 is 1.22 bits per heavy atom. The molecule has 0 aliphatic rings. The molecule has 0 saturated heterocycles. The number of rotatable bonds is 7. The maximum absolute atomic E-state index is 12.0. The molecule has 2 aromatic heterocycles. The smallest absolute Gasteiger partial charge is 0.337 e. The zero-order valence-electron chi connectivity index (χ0n) is 18.3. The van der Waals surface area contributed by atoms with Crippen molar-refractivity contribution >= 4 is 28.8 Å². The van der Waals surface area contributed by atoms with Gasteiger partial charge < -0.3 is 15.2 Å². The van der Waals surface area contributed by atoms with Crippen molar-refractivity contribution in [2.45, 2.75) is 27.2 Å². The Labute approximate surface area is 190 Å². The Bertz CT molecular complexity index is 1290. The number of hydrogen-bond donors (Lipinski definition) is 2. The summed E-state index contributed by atoms with van der Waals surface area (Å²) in [5, 5.41) is 20.9. The Morgan fingerprint density at radius 3 is 2.62 bits per heavy atom. The monoisotopic (exact) mass is 448 g/mol. The van der Waals surface area contributed by atoms with Crippen LogP contribution in [0.15, 0.2) is 47.8 Å². The van der Waals surface area contributed by atoms with Crippen LogP contribution in [0.25, 0.3) is 16.3 Å². The standard InChI is InChI=1S/C24H24N4O3S/c1-5-18-21(23-25-15(3)13-32-23)22(28(27-18)20-9-7-6-8-14(20)2)26-19-11-10-16(31-4)12-17(19)24(29)30/h6-13,26H,5H2,1-4H3,(H,29,30). The van der Waals surface area contributed by atoms with Gasteiger partial charge in [0.1, 0.15) is 16.6 Å². The third-order valence-corrected chi connectivity index (χ3v) is 6.16. The second-order valence-electron chi connectivity index (χ2n) is 7.36. The molecule has 7 nitrogen and oxygen atoms in total. The average molecular weight is 449 g/mol. The molecule has 0 fully saturated rings. The van der Waals surface area contributed by atoms with Gasteiger partial charge in [-0.3, -0.25) is 0 Å². The molecule has 2 N–H and O–H groups in total. The summed E-state index contributed by atoms with van der Waals surface area (Å²) in [7, 11) is 1.51. The number of carboxylic acids is 1. The highest BCUT2D eigenvalue weighted by Crippen LogP contribution is 2.39. The summed E-state index contributed by atoms with van der Waals surface area (Å²) in [6.07, 6.45) is 0.704. The fourth-order valence-corrected chi connectivity index (χ4v) is 4.42. The zero-order valence-corrected chi connectivity index (χ0v) is 19.2. The number of aryl methyl sites for hydroxylation is 3. The molecule has 164 valence electrons. The van der Waals surface area contributed by atoms with Crippen molar-refractivity contribution in [3.8, 4) is 22.0 Å². The number of benzene rings is 2. The summed E-state index contributed by atoms with van der Waals surface area (Å²) in [5.74, 6) is 0.110. The fourth-order valence-electron chi connectivity index (χ4n) is 3.56. The van der Waals surface area contributed by atoms with E-state index in [-0.39, 0.29) is 5.56 Å². The van der Waals surface area contributed by atoms with E-state index in [0.717, 1.165) is 33.2 Å². The van der Waals surface area contributed by atoms with Crippen molar-refractivity contribution in [3.05, 3.63) is 70.4 Å². The summed E-state index contributed by atoms with van der Waals surface area (Å²) >= 11 is 1.55. The number of aromatic carboxylic acids is 1. The number of nitrogens with zero attached hydrogens (tertiary/aromatic N) is 3. The van der Waals surface area contributed by atoms with E-state index >= 15 is 0 Å². The normalized spacial score (nSPS) is 10.9. The zero-order chi connectivity index (χ0) is 22.8. The number of ether oxygens (including phenoxy) is 1. The molecular weight excluding hydrogens is 424 g/mol. The topological polar surface area (TPSA) is 89.3 Å². The minimum absolute atomic E-state index is 0.112. The lowest BCUT2D eigenvalue weighted by molar-refractivity contribution is 0.0697. The molecule has 0 atom stereocenters. The van der Waals surface area contributed by atoms with Crippen LogP contribution in [0.5, 0.6) is 5.75 Å². The Balaban J connectivity index is 1.97. The van der Waals surface area contributed by atoms with Gasteiger partial charge in [0.2, 0.25) is 0 Å². The van der Waals surface area contributed by atoms with Crippen LogP contribution in [0.1, 0.15) is 34.2 Å². The number of aromatic nitrogens is 3. The number of carbonyl (C=O) groups is 1. The highest BCUT2D eigenvalue weighted by atomic mass is 32.1. The molecular formula is C24H24N4O3S. The van der Waals surface area contributed by atoms with Crippen molar-refractivity contribution in [2.24, 2.45) is 0 Å². The maximum atomic E-state index is 12.0. The van der Waals surface area contributed by atoms with Crippen LogP contribution in [0.2, 0.25) is 0 Å². The van der Waals surface area contributed by atoms with Gasteiger partial charge in [0.15, 0.2) is 0 Å². The van der Waals surface area contributed by atoms with Crippen molar-refractivity contribution in [1.82, 2.24) is 14.8 Å². The van der Waals surface area contributed by atoms with Crippen molar-refractivity contribution in [3.63, 3.8) is 0 Å². The van der Waals surface area contributed by atoms with E-state index in [1.54, 1.807) is 23.5 Å². The van der Waals surface area contributed by atoms with E-state index in [4.69, 9.17) is 14.8 Å². The highest BCUT2D eigenvalue weighted by Gasteiger charge is 2.24. The van der Waals surface area contributed by atoms with Crippen LogP contribution >= 0.6 is 11.3 Å². The fraction of sp³-hybridized carbons (Fsp3) is 0.208. The van der Waals surface area contributed by atoms with Crippen molar-refractivity contribution < 1.29 is 14.6 Å². The Morgan fingerprint density at radius 2 is 2.00 bits per heavy atom. The van der Waals surface area contributed by atoms with Gasteiger partial charge in [-0.2, -0.15) is 5.10 Å². The Kier molecular flexibility index (Phi) is 5.96. The molecule has 0 unspecified atom stereocenters. The van der Waals surface area contributed by atoms with Gasteiger partial charge in [-0.25, -0.2) is 14.5 Å². The van der Waals surface area contributed by atoms with Gasteiger partial charge in [-0.05, 0) is 50.1 Å². The number of para-hydroxylation sites is 1. The minimum atomic E-state index is -1.05. The predicted molar refractivity (Wildman–Crippen MR) is 127 cm³/mol. The number of methoxy groups -OCH3 is 1. The lowest BCUT2D eigenvalue weighted by Gasteiger charge is -2.15. The van der Waals surface area contributed by atoms with Crippen LogP contribution in [-0.4, -0.2) is 33.0 Å². The quantitative estimate of drug-likeness (QED) is 0.381. The summed E-state index contributed by atoms with van der Waals surface area (Å²) in [6, 6.07) is 12.9. The maximum Gasteiger partial charge on any atom is 0.337 e. The summed E-state index contributed by atoms with van der Waals surface area (Å²) in [4.78, 5) is 16.7. The molecule has 32 heavy (non-hydrogen) atoms. The van der Waals surface area contributed by atoms with Gasteiger partial charge in [0.05, 0.1) is 35.3 Å². The van der Waals surface area contributed by atoms with Gasteiger partial charge in [0, 0.05) is 11.1 Å². The lowest BCUT2D eigenvalue weighted by atomic mass is 10.1. The first kappa shape index (κ1) is 21.6. The van der Waals surface area contributed by atoms with E-state index in [2.05, 4.69) is 5.32 Å². The van der Waals surface area contributed by atoms with E-state index in [9.17, 15) is 9.90 Å². The van der Waals surface area contributed by atoms with Crippen molar-refractivity contribution in [2.75, 3.05) is 12.4 Å². The number of nitrogens with one attached hydrogen (secondary N) is 1. The van der Waals surface area contributed by atoms with Crippen LogP contribution in [0.4, 0.5) is 11.5 Å². The summed E-state index contributed by atoms with van der Waals surface area (Å²) in [6.45, 7) is 6.03. The minimum Gasteiger partial charge on any atom is -0.497 e. The molecule has 4 aromatic rings. The predicted octanol–water partition coefficient (Wildman–Crippen LogP) is 5.63. The molecule has 0 bridgehead atoms. The molecule has 0 aliphatic carbocycles. The summed E-state index contributed by atoms with van der Waals surface area (Å²) in [5.41, 5.74) is 5.21.